The number of carbonyl (C=O) groups excluding carboxylic acids is 1. The first-order valence-corrected chi connectivity index (χ1v) is 11.2. The minimum Gasteiger partial charge on any atom is -0.494 e. The van der Waals surface area contributed by atoms with Crippen molar-refractivity contribution in [2.75, 3.05) is 37.6 Å². The highest BCUT2D eigenvalue weighted by molar-refractivity contribution is 6.29. The van der Waals surface area contributed by atoms with Gasteiger partial charge >= 0.3 is 0 Å². The Bertz CT molecular complexity index is 1240. The number of anilines is 3. The van der Waals surface area contributed by atoms with Crippen molar-refractivity contribution in [3.63, 3.8) is 0 Å². The van der Waals surface area contributed by atoms with Gasteiger partial charge in [-0.3, -0.25) is 4.79 Å². The molecular formula is C22H25ClN8O3. The maximum absolute atomic E-state index is 12.4. The van der Waals surface area contributed by atoms with Crippen LogP contribution in [-0.2, 0) is 11.8 Å². The molecule has 11 nitrogen and oxygen atoms in total. The predicted octanol–water partition coefficient (Wildman–Crippen LogP) is 2.40. The van der Waals surface area contributed by atoms with Gasteiger partial charge in [-0.25, -0.2) is 4.68 Å². The molecule has 2 atom stereocenters. The third kappa shape index (κ3) is 3.90. The number of benzene rings is 1. The Morgan fingerprint density at radius 1 is 1.26 bits per heavy atom. The van der Waals surface area contributed by atoms with Crippen molar-refractivity contribution in [1.82, 2.24) is 30.3 Å². The second-order valence-corrected chi connectivity index (χ2v) is 8.52. The summed E-state index contributed by atoms with van der Waals surface area (Å²) in [5, 5.41) is 18.0. The number of amides is 1. The Kier molecular flexibility index (Phi) is 5.63. The van der Waals surface area contributed by atoms with Crippen molar-refractivity contribution in [3.8, 4) is 17.1 Å². The number of hydrogen-bond donors (Lipinski definition) is 2. The summed E-state index contributed by atoms with van der Waals surface area (Å²) in [6.45, 7) is 1.39. The van der Waals surface area contributed by atoms with Crippen LogP contribution in [0.3, 0.4) is 0 Å². The van der Waals surface area contributed by atoms with Crippen molar-refractivity contribution in [3.05, 3.63) is 35.1 Å². The van der Waals surface area contributed by atoms with Crippen molar-refractivity contribution in [2.45, 2.75) is 24.9 Å². The lowest BCUT2D eigenvalue weighted by Gasteiger charge is -2.34. The summed E-state index contributed by atoms with van der Waals surface area (Å²) < 4.78 is 20.5. The van der Waals surface area contributed by atoms with E-state index in [0.29, 0.717) is 53.8 Å². The molecule has 0 saturated carbocycles. The van der Waals surface area contributed by atoms with E-state index in [2.05, 4.69) is 30.8 Å². The molecule has 0 spiro atoms. The number of methoxy groups -OCH3 is 1. The minimum absolute atomic E-state index is 0.00939. The van der Waals surface area contributed by atoms with Crippen LogP contribution in [-0.4, -0.2) is 70.3 Å². The molecule has 2 bridgehead atoms. The lowest BCUT2D eigenvalue weighted by atomic mass is 10.1. The zero-order valence-electron chi connectivity index (χ0n) is 19.8. The molecule has 2 unspecified atom stereocenters. The molecule has 2 N–H and O–H groups in total. The van der Waals surface area contributed by atoms with E-state index in [1.165, 1.54) is 6.07 Å². The predicted molar refractivity (Wildman–Crippen MR) is 127 cm³/mol. The Balaban J connectivity index is 1.50. The molecule has 0 aliphatic carbocycles. The fraction of sp³-hybridized carbons (Fsp3) is 0.409. The van der Waals surface area contributed by atoms with Crippen LogP contribution < -0.4 is 20.3 Å². The smallest absolute Gasteiger partial charge is 0.273 e. The largest absolute Gasteiger partial charge is 0.494 e. The van der Waals surface area contributed by atoms with E-state index in [0.717, 1.165) is 18.8 Å². The van der Waals surface area contributed by atoms with E-state index >= 15 is 0 Å². The second kappa shape index (κ2) is 9.07. The zero-order chi connectivity index (χ0) is 24.5. The van der Waals surface area contributed by atoms with Crippen LogP contribution in [0.25, 0.3) is 11.4 Å². The minimum atomic E-state index is -0.544. The highest BCUT2D eigenvalue weighted by Gasteiger charge is 2.40. The van der Waals surface area contributed by atoms with Gasteiger partial charge in [0.05, 0.1) is 49.3 Å². The number of fused-ring (bicyclic) bond motifs is 2. The number of morpholine rings is 1. The van der Waals surface area contributed by atoms with Gasteiger partial charge in [-0.05, 0) is 25.0 Å². The SMILES string of the molecule is [2H]CNC(=O)c1nnc(Cl)cc1Nc1cccc(-c2nc(N3C4CCC3COC4)n(C)n2)c1OC. The molecule has 0 radical (unpaired) electrons. The summed E-state index contributed by atoms with van der Waals surface area (Å²) in [4.78, 5) is 19.6. The Morgan fingerprint density at radius 3 is 2.79 bits per heavy atom. The number of nitrogens with one attached hydrogen (secondary N) is 2. The van der Waals surface area contributed by atoms with E-state index in [1.807, 2.05) is 19.2 Å². The standard InChI is InChI=1S/C22H25ClN8O3/c1-24-21(32)18-16(9-17(23)27-28-18)25-15-6-4-5-14(19(15)33-3)20-26-22(30(2)29-20)31-12-7-8-13(31)11-34-10-12/h4-6,9,12-13H,7-8,10-11H2,1-3H3,(H,24,32)(H,25,27)/i1D. The molecule has 1 aromatic carbocycles. The molecule has 2 aliphatic rings. The molecule has 2 fully saturated rings. The average Bonchev–Trinajstić information content (AvgIpc) is 3.33. The summed E-state index contributed by atoms with van der Waals surface area (Å²) >= 11 is 6.04. The number of rotatable bonds is 6. The molecule has 178 valence electrons. The number of aromatic nitrogens is 5. The third-order valence-electron chi connectivity index (χ3n) is 6.08. The first kappa shape index (κ1) is 21.1. The normalized spacial score (nSPS) is 19.6. The summed E-state index contributed by atoms with van der Waals surface area (Å²) in [5.74, 6) is 1.27. The molecule has 1 amide bonds. The molecule has 5 rings (SSSR count). The zero-order valence-corrected chi connectivity index (χ0v) is 19.5. The van der Waals surface area contributed by atoms with Crippen molar-refractivity contribution in [2.24, 2.45) is 7.05 Å². The fourth-order valence-corrected chi connectivity index (χ4v) is 4.71. The highest BCUT2D eigenvalue weighted by Crippen LogP contribution is 2.39. The average molecular weight is 486 g/mol. The lowest BCUT2D eigenvalue weighted by molar-refractivity contribution is 0.0893. The van der Waals surface area contributed by atoms with E-state index in [1.54, 1.807) is 17.9 Å². The Labute approximate surface area is 202 Å². The topological polar surface area (TPSA) is 119 Å². The molecular weight excluding hydrogens is 460 g/mol. The van der Waals surface area contributed by atoms with Gasteiger partial charge in [-0.2, -0.15) is 4.98 Å². The Morgan fingerprint density at radius 2 is 2.06 bits per heavy atom. The van der Waals surface area contributed by atoms with E-state index < -0.39 is 5.91 Å². The van der Waals surface area contributed by atoms with Gasteiger partial charge < -0.3 is 25.0 Å². The molecule has 2 aliphatic heterocycles. The summed E-state index contributed by atoms with van der Waals surface area (Å²) in [7, 11) is 3.15. The number of para-hydroxylation sites is 1. The van der Waals surface area contributed by atoms with Gasteiger partial charge in [0.2, 0.25) is 5.95 Å². The van der Waals surface area contributed by atoms with Gasteiger partial charge in [0.1, 0.15) is 0 Å². The molecule has 3 aromatic rings. The van der Waals surface area contributed by atoms with Crippen LogP contribution in [0.2, 0.25) is 5.15 Å². The van der Waals surface area contributed by atoms with Gasteiger partial charge in [-0.1, -0.05) is 17.7 Å². The number of aryl methyl sites for hydroxylation is 1. The van der Waals surface area contributed by atoms with Gasteiger partial charge in [0, 0.05) is 21.5 Å². The number of ether oxygens (including phenoxy) is 2. The summed E-state index contributed by atoms with van der Waals surface area (Å²) in [5.41, 5.74) is 1.58. The molecule has 34 heavy (non-hydrogen) atoms. The van der Waals surface area contributed by atoms with Crippen LogP contribution in [0.5, 0.6) is 5.75 Å². The fourth-order valence-electron chi connectivity index (χ4n) is 4.56. The number of halogens is 1. The maximum atomic E-state index is 12.4. The van der Waals surface area contributed by atoms with Crippen LogP contribution in [0.15, 0.2) is 24.3 Å². The van der Waals surface area contributed by atoms with Crippen molar-refractivity contribution >= 4 is 34.8 Å². The third-order valence-corrected chi connectivity index (χ3v) is 6.27. The quantitative estimate of drug-likeness (QED) is 0.542. The van der Waals surface area contributed by atoms with Crippen LogP contribution in [0, 0.1) is 0 Å². The number of nitrogens with zero attached hydrogens (tertiary/aromatic N) is 6. The molecule has 4 heterocycles. The summed E-state index contributed by atoms with van der Waals surface area (Å²) in [6.07, 6.45) is 2.16. The first-order valence-electron chi connectivity index (χ1n) is 11.5. The van der Waals surface area contributed by atoms with Gasteiger partial charge in [0.25, 0.3) is 5.91 Å². The number of hydrogen-bond acceptors (Lipinski definition) is 9. The molecule has 12 heteroatoms. The second-order valence-electron chi connectivity index (χ2n) is 8.14. The monoisotopic (exact) mass is 485 g/mol. The van der Waals surface area contributed by atoms with E-state index in [4.69, 9.17) is 27.4 Å². The lowest BCUT2D eigenvalue weighted by Crippen LogP contribution is -2.47. The molecule has 2 saturated heterocycles. The van der Waals surface area contributed by atoms with Crippen molar-refractivity contribution in [1.29, 1.82) is 0 Å². The van der Waals surface area contributed by atoms with Crippen molar-refractivity contribution < 1.29 is 15.6 Å². The number of carbonyl (C=O) groups is 1. The first-order chi connectivity index (χ1) is 17.0. The van der Waals surface area contributed by atoms with Crippen LogP contribution in [0.4, 0.5) is 17.3 Å². The van der Waals surface area contributed by atoms with E-state index in [-0.39, 0.29) is 17.9 Å². The maximum Gasteiger partial charge on any atom is 0.273 e. The van der Waals surface area contributed by atoms with Crippen LogP contribution >= 0.6 is 11.6 Å². The van der Waals surface area contributed by atoms with Crippen LogP contribution in [0.1, 0.15) is 24.7 Å². The van der Waals surface area contributed by atoms with E-state index in [9.17, 15) is 4.79 Å². The van der Waals surface area contributed by atoms with Gasteiger partial charge in [-0.15, -0.1) is 15.3 Å². The highest BCUT2D eigenvalue weighted by atomic mass is 35.5. The Hall–Kier alpha value is -3.44. The molecule has 2 aromatic heterocycles. The van der Waals surface area contributed by atoms with Gasteiger partial charge in [0.15, 0.2) is 22.4 Å². The summed E-state index contributed by atoms with van der Waals surface area (Å²) in [6, 6.07) is 7.62.